The molecule has 0 bridgehead atoms. The minimum Gasteiger partial charge on any atom is -0.391 e. The minimum absolute atomic E-state index is 0. The fraction of sp³-hybridized carbons (Fsp3) is 1.00. The Balaban J connectivity index is 0.000000845. The molecule has 2 N–H and O–H groups in total. The van der Waals surface area contributed by atoms with E-state index in [0.29, 0.717) is 0 Å². The molecule has 2 aliphatic heterocycles. The molecule has 2 fully saturated rings. The second-order valence-corrected chi connectivity index (χ2v) is 3.85. The van der Waals surface area contributed by atoms with Gasteiger partial charge in [0.2, 0.25) is 0 Å². The van der Waals surface area contributed by atoms with Crippen molar-refractivity contribution < 1.29 is 9.84 Å². The van der Waals surface area contributed by atoms with Crippen molar-refractivity contribution in [2.24, 2.45) is 0 Å². The zero-order valence-corrected chi connectivity index (χ0v) is 8.61. The Bertz CT molecular complexity index is 151. The highest BCUT2D eigenvalue weighted by molar-refractivity contribution is 5.85. The molecule has 0 amide bonds. The van der Waals surface area contributed by atoms with Crippen LogP contribution in [0, 0.1) is 0 Å². The number of hydrogen-bond acceptors (Lipinski definition) is 3. The van der Waals surface area contributed by atoms with Crippen LogP contribution in [0.1, 0.15) is 25.7 Å². The van der Waals surface area contributed by atoms with Crippen LogP contribution >= 0.6 is 12.4 Å². The molecule has 1 unspecified atom stereocenters. The third-order valence-corrected chi connectivity index (χ3v) is 3.15. The van der Waals surface area contributed by atoms with Crippen molar-refractivity contribution in [3.63, 3.8) is 0 Å². The van der Waals surface area contributed by atoms with Gasteiger partial charge < -0.3 is 15.2 Å². The van der Waals surface area contributed by atoms with Crippen LogP contribution in [0.4, 0.5) is 0 Å². The van der Waals surface area contributed by atoms with E-state index in [1.165, 1.54) is 0 Å². The van der Waals surface area contributed by atoms with Gasteiger partial charge in [-0.2, -0.15) is 0 Å². The van der Waals surface area contributed by atoms with E-state index in [-0.39, 0.29) is 24.0 Å². The Morgan fingerprint density at radius 1 is 1.31 bits per heavy atom. The lowest BCUT2D eigenvalue weighted by Crippen LogP contribution is -2.60. The minimum atomic E-state index is -0.157. The number of piperidine rings is 1. The summed E-state index contributed by atoms with van der Waals surface area (Å²) in [6, 6.07) is 0. The number of aliphatic hydroxyl groups is 1. The van der Waals surface area contributed by atoms with Crippen LogP contribution in [-0.2, 0) is 4.74 Å². The van der Waals surface area contributed by atoms with Gasteiger partial charge in [0, 0.05) is 18.8 Å². The Morgan fingerprint density at radius 3 is 2.62 bits per heavy atom. The summed E-state index contributed by atoms with van der Waals surface area (Å²) in [5.74, 6) is 0. The third kappa shape index (κ3) is 2.15. The lowest BCUT2D eigenvalue weighted by Gasteiger charge is -2.44. The van der Waals surface area contributed by atoms with Crippen molar-refractivity contribution in [3.05, 3.63) is 0 Å². The van der Waals surface area contributed by atoms with Gasteiger partial charge in [-0.1, -0.05) is 0 Å². The molecule has 2 saturated heterocycles. The molecule has 0 radical (unpaired) electrons. The van der Waals surface area contributed by atoms with Gasteiger partial charge in [-0.15, -0.1) is 12.4 Å². The van der Waals surface area contributed by atoms with Crippen molar-refractivity contribution in [1.29, 1.82) is 0 Å². The lowest BCUT2D eigenvalue weighted by molar-refractivity contribution is -0.0447. The number of halogens is 1. The monoisotopic (exact) mass is 207 g/mol. The average Bonchev–Trinajstić information content (AvgIpc) is 2.12. The second kappa shape index (κ2) is 4.60. The number of rotatable bonds is 0. The van der Waals surface area contributed by atoms with Gasteiger partial charge in [-0.25, -0.2) is 0 Å². The highest BCUT2D eigenvalue weighted by atomic mass is 35.5. The molecular weight excluding hydrogens is 190 g/mol. The number of hydrogen-bond donors (Lipinski definition) is 2. The molecule has 2 heterocycles. The number of aliphatic hydroxyl groups excluding tert-OH is 1. The van der Waals surface area contributed by atoms with Gasteiger partial charge in [0.05, 0.1) is 6.10 Å². The SMILES string of the molecule is Cl.OC1CCCNC12CCOCC2. The molecule has 0 aliphatic carbocycles. The van der Waals surface area contributed by atoms with E-state index >= 15 is 0 Å². The summed E-state index contributed by atoms with van der Waals surface area (Å²) in [4.78, 5) is 0. The summed E-state index contributed by atoms with van der Waals surface area (Å²) >= 11 is 0. The molecule has 3 nitrogen and oxygen atoms in total. The molecule has 78 valence electrons. The van der Waals surface area contributed by atoms with Gasteiger partial charge >= 0.3 is 0 Å². The lowest BCUT2D eigenvalue weighted by atomic mass is 9.80. The van der Waals surface area contributed by atoms with Gasteiger partial charge in [0.1, 0.15) is 0 Å². The molecule has 2 rings (SSSR count). The molecule has 0 aromatic heterocycles. The summed E-state index contributed by atoms with van der Waals surface area (Å²) in [5, 5.41) is 13.3. The zero-order valence-electron chi connectivity index (χ0n) is 7.79. The summed E-state index contributed by atoms with van der Waals surface area (Å²) in [5.41, 5.74) is -0.00347. The Morgan fingerprint density at radius 2 is 2.00 bits per heavy atom. The van der Waals surface area contributed by atoms with Crippen LogP contribution in [0.25, 0.3) is 0 Å². The molecule has 0 aromatic carbocycles. The Labute approximate surface area is 85.3 Å². The topological polar surface area (TPSA) is 41.5 Å². The molecule has 0 aromatic rings. The summed E-state index contributed by atoms with van der Waals surface area (Å²) in [6.45, 7) is 2.64. The number of nitrogens with one attached hydrogen (secondary N) is 1. The van der Waals surface area contributed by atoms with E-state index in [9.17, 15) is 5.11 Å². The summed E-state index contributed by atoms with van der Waals surface area (Å²) in [7, 11) is 0. The van der Waals surface area contributed by atoms with Crippen LogP contribution < -0.4 is 5.32 Å². The van der Waals surface area contributed by atoms with E-state index in [1.54, 1.807) is 0 Å². The largest absolute Gasteiger partial charge is 0.391 e. The van der Waals surface area contributed by atoms with Crippen molar-refractivity contribution >= 4 is 12.4 Å². The normalized spacial score (nSPS) is 32.5. The third-order valence-electron chi connectivity index (χ3n) is 3.15. The second-order valence-electron chi connectivity index (χ2n) is 3.85. The van der Waals surface area contributed by atoms with Crippen molar-refractivity contribution in [3.8, 4) is 0 Å². The van der Waals surface area contributed by atoms with Crippen LogP contribution in [0.15, 0.2) is 0 Å². The molecule has 2 aliphatic rings. The summed E-state index contributed by atoms with van der Waals surface area (Å²) < 4.78 is 5.29. The van der Waals surface area contributed by atoms with Crippen molar-refractivity contribution in [2.75, 3.05) is 19.8 Å². The average molecular weight is 208 g/mol. The van der Waals surface area contributed by atoms with E-state index in [2.05, 4.69) is 5.32 Å². The van der Waals surface area contributed by atoms with Crippen molar-refractivity contribution in [2.45, 2.75) is 37.3 Å². The van der Waals surface area contributed by atoms with Crippen molar-refractivity contribution in [1.82, 2.24) is 5.32 Å². The molecule has 1 spiro atoms. The first kappa shape index (κ1) is 11.2. The van der Waals surface area contributed by atoms with Crippen LogP contribution in [-0.4, -0.2) is 36.5 Å². The first-order valence-corrected chi connectivity index (χ1v) is 4.84. The fourth-order valence-electron chi connectivity index (χ4n) is 2.27. The molecule has 4 heteroatoms. The quantitative estimate of drug-likeness (QED) is 0.615. The predicted octanol–water partition coefficient (Wildman–Crippen LogP) is 0.702. The highest BCUT2D eigenvalue weighted by Crippen LogP contribution is 2.29. The maximum Gasteiger partial charge on any atom is 0.0723 e. The van der Waals surface area contributed by atoms with Gasteiger partial charge in [-0.3, -0.25) is 0 Å². The van der Waals surface area contributed by atoms with Crippen LogP contribution in [0.3, 0.4) is 0 Å². The van der Waals surface area contributed by atoms with E-state index in [1.807, 2.05) is 0 Å². The van der Waals surface area contributed by atoms with Gasteiger partial charge in [0.15, 0.2) is 0 Å². The summed E-state index contributed by atoms with van der Waals surface area (Å²) in [6.07, 6.45) is 3.83. The van der Waals surface area contributed by atoms with Crippen LogP contribution in [0.2, 0.25) is 0 Å². The van der Waals surface area contributed by atoms with E-state index in [4.69, 9.17) is 4.74 Å². The standard InChI is InChI=1S/C9H17NO2.ClH/c11-8-2-1-5-10-9(8)3-6-12-7-4-9;/h8,10-11H,1-7H2;1H. The zero-order chi connectivity index (χ0) is 8.44. The molecule has 0 saturated carbocycles. The fourth-order valence-corrected chi connectivity index (χ4v) is 2.27. The Kier molecular flexibility index (Phi) is 3.98. The first-order valence-electron chi connectivity index (χ1n) is 4.84. The van der Waals surface area contributed by atoms with E-state index < -0.39 is 0 Å². The molecule has 1 atom stereocenters. The maximum atomic E-state index is 9.87. The highest BCUT2D eigenvalue weighted by Gasteiger charge is 2.40. The Hall–Kier alpha value is 0.170. The van der Waals surface area contributed by atoms with E-state index in [0.717, 1.165) is 45.4 Å². The molecular formula is C9H18ClNO2. The smallest absolute Gasteiger partial charge is 0.0723 e. The van der Waals surface area contributed by atoms with Gasteiger partial charge in [-0.05, 0) is 32.2 Å². The predicted molar refractivity (Wildman–Crippen MR) is 53.3 cm³/mol. The first-order chi connectivity index (χ1) is 5.83. The van der Waals surface area contributed by atoms with Gasteiger partial charge in [0.25, 0.3) is 0 Å². The molecule has 13 heavy (non-hydrogen) atoms. The maximum absolute atomic E-state index is 9.87. The van der Waals surface area contributed by atoms with Crippen LogP contribution in [0.5, 0.6) is 0 Å². The number of ether oxygens (including phenoxy) is 1.